The van der Waals surface area contributed by atoms with E-state index < -0.39 is 0 Å². The number of hydrogen-bond acceptors (Lipinski definition) is 1. The summed E-state index contributed by atoms with van der Waals surface area (Å²) in [7, 11) is 0. The van der Waals surface area contributed by atoms with Crippen molar-refractivity contribution in [3.05, 3.63) is 0 Å². The van der Waals surface area contributed by atoms with E-state index in [9.17, 15) is 0 Å². The Bertz CT molecular complexity index is 111. The molecule has 0 atom stereocenters. The Morgan fingerprint density at radius 1 is 1.14 bits per heavy atom. The van der Waals surface area contributed by atoms with Gasteiger partial charge in [0.15, 0.2) is 0 Å². The molecule has 1 heteroatoms. The topological polar surface area (TPSA) is 3.24 Å². The molecule has 0 unspecified atom stereocenters. The third-order valence-corrected chi connectivity index (χ3v) is 1.39. The van der Waals surface area contributed by atoms with Crippen molar-refractivity contribution >= 4 is 0 Å². The van der Waals surface area contributed by atoms with Crippen LogP contribution in [0.15, 0.2) is 0 Å². The third-order valence-electron chi connectivity index (χ3n) is 1.39. The quantitative estimate of drug-likeness (QED) is 0.625. The maximum atomic E-state index is 5.19. The van der Waals surface area contributed by atoms with Crippen LogP contribution in [0.3, 0.4) is 0 Å². The molecule has 0 aliphatic rings. The van der Waals surface area contributed by atoms with Gasteiger partial charge in [-0.3, -0.25) is 4.90 Å². The minimum Gasteiger partial charge on any atom is -0.292 e. The molecule has 0 saturated heterocycles. The van der Waals surface area contributed by atoms with Crippen molar-refractivity contribution in [2.75, 3.05) is 19.6 Å². The maximum absolute atomic E-state index is 5.19. The summed E-state index contributed by atoms with van der Waals surface area (Å²) in [5, 5.41) is 0. The van der Waals surface area contributed by atoms with Crippen molar-refractivity contribution < 1.29 is 0 Å². The molecule has 0 aliphatic carbocycles. The smallest absolute Gasteiger partial charge is 0.0598 e. The maximum Gasteiger partial charge on any atom is 0.0598 e. The van der Waals surface area contributed by atoms with E-state index in [0.717, 1.165) is 19.6 Å². The van der Waals surface area contributed by atoms with Crippen LogP contribution in [0.4, 0.5) is 0 Å². The molecule has 0 saturated carbocycles. The first-order valence-electron chi connectivity index (χ1n) is 5.86. The second-order valence-corrected chi connectivity index (χ2v) is 2.93. The molecule has 0 aliphatic heterocycles. The Morgan fingerprint density at radius 3 is 1.79 bits per heavy atom. The summed E-state index contributed by atoms with van der Waals surface area (Å²) in [5.74, 6) is 3.37. The van der Waals surface area contributed by atoms with Gasteiger partial charge in [0.05, 0.1) is 6.54 Å². The van der Waals surface area contributed by atoms with E-state index in [1.165, 1.54) is 0 Å². The van der Waals surface area contributed by atoms with Gasteiger partial charge in [-0.1, -0.05) is 54.4 Å². The van der Waals surface area contributed by atoms with Crippen LogP contribution in [0.1, 0.15) is 48.5 Å². The van der Waals surface area contributed by atoms with Crippen LogP contribution in [-0.4, -0.2) is 24.5 Å². The highest BCUT2D eigenvalue weighted by Gasteiger charge is 2.01. The normalized spacial score (nSPS) is 8.29. The molecule has 0 aromatic carbocycles. The summed E-state index contributed by atoms with van der Waals surface area (Å²) in [6.07, 6.45) is 5.19. The Hall–Kier alpha value is -0.480. The fraction of sp³-hybridized carbons (Fsp3) is 0.846. The first kappa shape index (κ1) is 19.1. The highest BCUT2D eigenvalue weighted by molar-refractivity contribution is 4.87. The van der Waals surface area contributed by atoms with E-state index >= 15 is 0 Å². The molecule has 0 heterocycles. The van der Waals surface area contributed by atoms with Gasteiger partial charge in [-0.15, -0.1) is 6.42 Å². The zero-order valence-electron chi connectivity index (χ0n) is 11.2. The van der Waals surface area contributed by atoms with Gasteiger partial charge in [-0.05, 0) is 12.5 Å². The summed E-state index contributed by atoms with van der Waals surface area (Å²) < 4.78 is 0. The predicted molar refractivity (Wildman–Crippen MR) is 68.5 cm³/mol. The first-order valence-corrected chi connectivity index (χ1v) is 5.86. The van der Waals surface area contributed by atoms with Gasteiger partial charge in [-0.2, -0.15) is 0 Å². The monoisotopic (exact) mass is 199 g/mol. The molecule has 0 aromatic rings. The van der Waals surface area contributed by atoms with Crippen LogP contribution >= 0.6 is 0 Å². The third kappa shape index (κ3) is 17.6. The van der Waals surface area contributed by atoms with E-state index in [-0.39, 0.29) is 0 Å². The molecule has 0 amide bonds. The Balaban J connectivity index is -0.000000266. The van der Waals surface area contributed by atoms with Crippen LogP contribution in [0, 0.1) is 18.3 Å². The lowest BCUT2D eigenvalue weighted by Gasteiger charge is -2.19. The Morgan fingerprint density at radius 2 is 1.57 bits per heavy atom. The fourth-order valence-electron chi connectivity index (χ4n) is 0.951. The second kappa shape index (κ2) is 18.3. The molecule has 0 fully saturated rings. The highest BCUT2D eigenvalue weighted by atomic mass is 15.1. The van der Waals surface area contributed by atoms with Gasteiger partial charge < -0.3 is 0 Å². The summed E-state index contributed by atoms with van der Waals surface area (Å²) in [4.78, 5) is 2.27. The van der Waals surface area contributed by atoms with Crippen LogP contribution in [0.2, 0.25) is 0 Å². The number of nitrogens with zero attached hydrogens (tertiary/aromatic N) is 1. The Kier molecular flexibility index (Phi) is 25.1. The molecule has 14 heavy (non-hydrogen) atoms. The highest BCUT2D eigenvalue weighted by Crippen LogP contribution is 1.96. The summed E-state index contributed by atoms with van der Waals surface area (Å²) >= 11 is 0. The molecule has 0 radical (unpaired) electrons. The largest absolute Gasteiger partial charge is 0.292 e. The lowest BCUT2D eigenvalue weighted by atomic mass is 10.2. The van der Waals surface area contributed by atoms with Gasteiger partial charge >= 0.3 is 0 Å². The van der Waals surface area contributed by atoms with Gasteiger partial charge in [0.1, 0.15) is 0 Å². The SMILES string of the molecule is C#CCN(CC)CC(C)C.CC.CC. The lowest BCUT2D eigenvalue weighted by Crippen LogP contribution is -2.27. The van der Waals surface area contributed by atoms with Crippen molar-refractivity contribution in [1.82, 2.24) is 4.90 Å². The zero-order valence-corrected chi connectivity index (χ0v) is 11.2. The zero-order chi connectivity index (χ0) is 12.0. The molecular formula is C13H29N. The van der Waals surface area contributed by atoms with Gasteiger partial charge in [-0.25, -0.2) is 0 Å². The van der Waals surface area contributed by atoms with Crippen molar-refractivity contribution in [1.29, 1.82) is 0 Å². The van der Waals surface area contributed by atoms with E-state index in [0.29, 0.717) is 5.92 Å². The van der Waals surface area contributed by atoms with Crippen molar-refractivity contribution in [3.8, 4) is 12.3 Å². The number of rotatable bonds is 4. The standard InChI is InChI=1S/C9H17N.2C2H6/c1-5-7-10(6-2)8-9(3)4;2*1-2/h1,9H,6-8H2,2-4H3;2*1-2H3. The van der Waals surface area contributed by atoms with Gasteiger partial charge in [0.2, 0.25) is 0 Å². The second-order valence-electron chi connectivity index (χ2n) is 2.93. The average Bonchev–Trinajstić information content (AvgIpc) is 2.22. The minimum absolute atomic E-state index is 0.716. The van der Waals surface area contributed by atoms with Crippen LogP contribution in [-0.2, 0) is 0 Å². The molecule has 86 valence electrons. The lowest BCUT2D eigenvalue weighted by molar-refractivity contribution is 0.286. The summed E-state index contributed by atoms with van der Waals surface area (Å²) in [6.45, 7) is 17.5. The summed E-state index contributed by atoms with van der Waals surface area (Å²) in [5.41, 5.74) is 0. The van der Waals surface area contributed by atoms with Crippen molar-refractivity contribution in [2.45, 2.75) is 48.5 Å². The van der Waals surface area contributed by atoms with Crippen molar-refractivity contribution in [3.63, 3.8) is 0 Å². The first-order chi connectivity index (χ1) is 6.70. The van der Waals surface area contributed by atoms with Crippen LogP contribution in [0.25, 0.3) is 0 Å². The molecule has 1 nitrogen and oxygen atoms in total. The molecule has 0 aromatic heterocycles. The number of terminal acetylenes is 1. The van der Waals surface area contributed by atoms with E-state index in [1.54, 1.807) is 0 Å². The van der Waals surface area contributed by atoms with Gasteiger partial charge in [0, 0.05) is 6.54 Å². The molecule has 0 spiro atoms. The van der Waals surface area contributed by atoms with Crippen LogP contribution in [0.5, 0.6) is 0 Å². The Labute approximate surface area is 91.9 Å². The van der Waals surface area contributed by atoms with Crippen LogP contribution < -0.4 is 0 Å². The van der Waals surface area contributed by atoms with E-state index in [2.05, 4.69) is 31.6 Å². The summed E-state index contributed by atoms with van der Waals surface area (Å²) in [6, 6.07) is 0. The van der Waals surface area contributed by atoms with E-state index in [4.69, 9.17) is 6.42 Å². The van der Waals surface area contributed by atoms with Gasteiger partial charge in [0.25, 0.3) is 0 Å². The molecular weight excluding hydrogens is 170 g/mol. The van der Waals surface area contributed by atoms with E-state index in [1.807, 2.05) is 27.7 Å². The fourth-order valence-corrected chi connectivity index (χ4v) is 0.951. The number of hydrogen-bond donors (Lipinski definition) is 0. The minimum atomic E-state index is 0.716. The molecule has 0 rings (SSSR count). The van der Waals surface area contributed by atoms with Crippen molar-refractivity contribution in [2.24, 2.45) is 5.92 Å². The predicted octanol–water partition coefficient (Wildman–Crippen LogP) is 3.65. The molecule has 0 bridgehead atoms. The molecule has 0 N–H and O–H groups in total. The average molecular weight is 199 g/mol.